The zero-order valence-corrected chi connectivity index (χ0v) is 11.2. The zero-order chi connectivity index (χ0) is 14.1. The van der Waals surface area contributed by atoms with Crippen LogP contribution in [0.1, 0.15) is 13.3 Å². The lowest BCUT2D eigenvalue weighted by molar-refractivity contribution is -0.120. The van der Waals surface area contributed by atoms with E-state index in [4.69, 9.17) is 5.11 Å². The highest BCUT2D eigenvalue weighted by atomic mass is 16.3. The van der Waals surface area contributed by atoms with Crippen LogP contribution in [0.2, 0.25) is 0 Å². The van der Waals surface area contributed by atoms with E-state index in [1.807, 2.05) is 30.3 Å². The van der Waals surface area contributed by atoms with Gasteiger partial charge in [-0.05, 0) is 31.5 Å². The number of aliphatic hydroxyl groups excluding tert-OH is 1. The van der Waals surface area contributed by atoms with Crippen LogP contribution in [-0.2, 0) is 4.79 Å². The number of amides is 1. The number of nitrogens with zero attached hydrogens (tertiary/aromatic N) is 3. The number of anilines is 1. The van der Waals surface area contributed by atoms with E-state index in [1.165, 1.54) is 5.01 Å². The molecule has 1 aliphatic heterocycles. The number of para-hydroxylation sites is 1. The zero-order valence-electron chi connectivity index (χ0n) is 11.2. The van der Waals surface area contributed by atoms with Gasteiger partial charge in [0.1, 0.15) is 0 Å². The van der Waals surface area contributed by atoms with Crippen molar-refractivity contribution in [2.75, 3.05) is 11.6 Å². The van der Waals surface area contributed by atoms with E-state index in [1.54, 1.807) is 13.0 Å². The largest absolute Gasteiger partial charge is 0.396 e. The Balaban J connectivity index is 1.97. The lowest BCUT2D eigenvalue weighted by Gasteiger charge is -2.13. The summed E-state index contributed by atoms with van der Waals surface area (Å²) in [5.74, 6) is 0.0566. The van der Waals surface area contributed by atoms with Gasteiger partial charge < -0.3 is 5.11 Å². The smallest absolute Gasteiger partial charge is 0.257 e. The molecule has 1 aromatic carbocycles. The number of carbonyl (C=O) groups excluding carboxylic acids is 1. The van der Waals surface area contributed by atoms with Crippen LogP contribution in [0.5, 0.6) is 0 Å². The maximum atomic E-state index is 12.3. The van der Waals surface area contributed by atoms with Gasteiger partial charge in [-0.2, -0.15) is 10.1 Å². The first-order valence-corrected chi connectivity index (χ1v) is 6.56. The van der Waals surface area contributed by atoms with Crippen molar-refractivity contribution in [1.29, 1.82) is 0 Å². The molecule has 1 atom stereocenters. The van der Waals surface area contributed by atoms with Crippen molar-refractivity contribution in [3.05, 3.63) is 36.4 Å². The number of pyridine rings is 1. The molecule has 2 heterocycles. The Hall–Kier alpha value is -2.27. The Morgan fingerprint density at radius 1 is 1.25 bits per heavy atom. The summed E-state index contributed by atoms with van der Waals surface area (Å²) < 4.78 is 0. The second-order valence-electron chi connectivity index (χ2n) is 4.82. The summed E-state index contributed by atoms with van der Waals surface area (Å²) in [5.41, 5.74) is 1.55. The number of rotatable bonds is 3. The Bertz CT molecular complexity index is 696. The average molecular weight is 269 g/mol. The van der Waals surface area contributed by atoms with Crippen molar-refractivity contribution >= 4 is 28.3 Å². The second-order valence-corrected chi connectivity index (χ2v) is 4.82. The van der Waals surface area contributed by atoms with Crippen molar-refractivity contribution in [3.8, 4) is 0 Å². The predicted molar refractivity (Wildman–Crippen MR) is 77.5 cm³/mol. The molecule has 0 saturated carbocycles. The van der Waals surface area contributed by atoms with Crippen LogP contribution in [0.15, 0.2) is 41.5 Å². The molecule has 102 valence electrons. The summed E-state index contributed by atoms with van der Waals surface area (Å²) in [7, 11) is 0. The van der Waals surface area contributed by atoms with Crippen molar-refractivity contribution in [3.63, 3.8) is 0 Å². The number of aromatic nitrogens is 1. The molecule has 1 N–H and O–H groups in total. The highest BCUT2D eigenvalue weighted by Gasteiger charge is 2.34. The Labute approximate surface area is 116 Å². The summed E-state index contributed by atoms with van der Waals surface area (Å²) in [6.45, 7) is 1.78. The summed E-state index contributed by atoms with van der Waals surface area (Å²) in [6, 6.07) is 11.5. The van der Waals surface area contributed by atoms with E-state index in [0.29, 0.717) is 12.2 Å². The number of hydrazone groups is 1. The Kier molecular flexibility index (Phi) is 3.20. The van der Waals surface area contributed by atoms with Crippen molar-refractivity contribution in [2.45, 2.75) is 13.3 Å². The molecule has 0 spiro atoms. The molecule has 1 aromatic heterocycles. The number of aliphatic hydroxyl groups is 1. The van der Waals surface area contributed by atoms with Crippen molar-refractivity contribution in [1.82, 2.24) is 4.98 Å². The van der Waals surface area contributed by atoms with Crippen LogP contribution >= 0.6 is 0 Å². The SMILES string of the molecule is CC1=NN(c2ccc3ccccc3n2)C(=O)C1CCO. The van der Waals surface area contributed by atoms with Crippen LogP contribution in [0.25, 0.3) is 10.9 Å². The number of hydrogen-bond donors (Lipinski definition) is 1. The fourth-order valence-corrected chi connectivity index (χ4v) is 2.40. The fraction of sp³-hybridized carbons (Fsp3) is 0.267. The van der Waals surface area contributed by atoms with Gasteiger partial charge in [-0.1, -0.05) is 18.2 Å². The maximum Gasteiger partial charge on any atom is 0.257 e. The molecular weight excluding hydrogens is 254 g/mol. The first-order chi connectivity index (χ1) is 9.70. The van der Waals surface area contributed by atoms with Crippen LogP contribution < -0.4 is 5.01 Å². The third-order valence-electron chi connectivity index (χ3n) is 3.49. The Morgan fingerprint density at radius 3 is 2.85 bits per heavy atom. The summed E-state index contributed by atoms with van der Waals surface area (Å²) in [4.78, 5) is 16.8. The predicted octanol–water partition coefficient (Wildman–Crippen LogP) is 1.96. The molecule has 1 amide bonds. The number of carbonyl (C=O) groups is 1. The molecule has 0 fully saturated rings. The van der Waals surface area contributed by atoms with E-state index >= 15 is 0 Å². The monoisotopic (exact) mass is 269 g/mol. The van der Waals surface area contributed by atoms with E-state index < -0.39 is 0 Å². The molecule has 0 bridgehead atoms. The molecule has 5 nitrogen and oxygen atoms in total. The van der Waals surface area contributed by atoms with Gasteiger partial charge in [-0.15, -0.1) is 0 Å². The van der Waals surface area contributed by atoms with Crippen LogP contribution in [0.3, 0.4) is 0 Å². The normalized spacial score (nSPS) is 18.7. The molecule has 0 saturated heterocycles. The second kappa shape index (κ2) is 5.02. The molecule has 2 aromatic rings. The van der Waals surface area contributed by atoms with Gasteiger partial charge >= 0.3 is 0 Å². The summed E-state index contributed by atoms with van der Waals surface area (Å²) >= 11 is 0. The number of hydrogen-bond acceptors (Lipinski definition) is 4. The van der Waals surface area contributed by atoms with Gasteiger partial charge in [0.2, 0.25) is 0 Å². The van der Waals surface area contributed by atoms with Gasteiger partial charge in [0.05, 0.1) is 11.4 Å². The van der Waals surface area contributed by atoms with Gasteiger partial charge in [-0.25, -0.2) is 4.98 Å². The van der Waals surface area contributed by atoms with E-state index in [2.05, 4.69) is 10.1 Å². The average Bonchev–Trinajstić information content (AvgIpc) is 2.75. The van der Waals surface area contributed by atoms with Gasteiger partial charge in [0.15, 0.2) is 5.82 Å². The molecule has 0 aliphatic carbocycles. The lowest BCUT2D eigenvalue weighted by Crippen LogP contribution is -2.28. The molecule has 1 unspecified atom stereocenters. The minimum atomic E-state index is -0.340. The van der Waals surface area contributed by atoms with Gasteiger partial charge in [0, 0.05) is 17.7 Å². The lowest BCUT2D eigenvalue weighted by atomic mass is 10.0. The van der Waals surface area contributed by atoms with E-state index in [-0.39, 0.29) is 18.4 Å². The standard InChI is InChI=1S/C15H15N3O2/c1-10-12(8-9-19)15(20)18(17-10)14-7-6-11-4-2-3-5-13(11)16-14/h2-7,12,19H,8-9H2,1H3. The third-order valence-corrected chi connectivity index (χ3v) is 3.49. The highest BCUT2D eigenvalue weighted by Crippen LogP contribution is 2.25. The Morgan fingerprint density at radius 2 is 2.05 bits per heavy atom. The fourth-order valence-electron chi connectivity index (χ4n) is 2.40. The van der Waals surface area contributed by atoms with Gasteiger partial charge in [-0.3, -0.25) is 4.79 Å². The summed E-state index contributed by atoms with van der Waals surface area (Å²) in [6.07, 6.45) is 0.401. The van der Waals surface area contributed by atoms with Crippen LogP contribution in [0.4, 0.5) is 5.82 Å². The molecule has 3 rings (SSSR count). The van der Waals surface area contributed by atoms with Crippen LogP contribution in [-0.4, -0.2) is 28.3 Å². The minimum absolute atomic E-state index is 0.0255. The first-order valence-electron chi connectivity index (χ1n) is 6.56. The highest BCUT2D eigenvalue weighted by molar-refractivity contribution is 6.14. The molecule has 0 radical (unpaired) electrons. The maximum absolute atomic E-state index is 12.3. The van der Waals surface area contributed by atoms with Gasteiger partial charge in [0.25, 0.3) is 5.91 Å². The van der Waals surface area contributed by atoms with E-state index in [9.17, 15) is 4.79 Å². The van der Waals surface area contributed by atoms with E-state index in [0.717, 1.165) is 16.6 Å². The molecule has 5 heteroatoms. The first kappa shape index (κ1) is 12.7. The topological polar surface area (TPSA) is 65.8 Å². The van der Waals surface area contributed by atoms with Crippen molar-refractivity contribution < 1.29 is 9.90 Å². The molecule has 1 aliphatic rings. The number of fused-ring (bicyclic) bond motifs is 1. The molecular formula is C15H15N3O2. The van der Waals surface area contributed by atoms with Crippen molar-refractivity contribution in [2.24, 2.45) is 11.0 Å². The quantitative estimate of drug-likeness (QED) is 0.926. The number of benzene rings is 1. The third kappa shape index (κ3) is 2.06. The molecule has 20 heavy (non-hydrogen) atoms. The summed E-state index contributed by atoms with van der Waals surface area (Å²) in [5, 5.41) is 15.7. The van der Waals surface area contributed by atoms with Crippen LogP contribution in [0, 0.1) is 5.92 Å². The minimum Gasteiger partial charge on any atom is -0.396 e.